The number of pyridine rings is 2. The first-order chi connectivity index (χ1) is 10.7. The monoisotopic (exact) mass is 304 g/mol. The van der Waals surface area contributed by atoms with Gasteiger partial charge >= 0.3 is 0 Å². The van der Waals surface area contributed by atoms with Crippen LogP contribution in [-0.2, 0) is 15.9 Å². The Labute approximate surface area is 130 Å². The van der Waals surface area contributed by atoms with Gasteiger partial charge in [0.25, 0.3) is 0 Å². The summed E-state index contributed by atoms with van der Waals surface area (Å²) in [5.41, 5.74) is 15.4. The SMILES string of the molecule is CCOC(CCCc1nc2cccnc2c(N)c1N)OCC. The lowest BCUT2D eigenvalue weighted by Crippen LogP contribution is -2.17. The maximum Gasteiger partial charge on any atom is 0.157 e. The molecule has 2 aromatic rings. The second-order valence-corrected chi connectivity index (χ2v) is 4.99. The van der Waals surface area contributed by atoms with Crippen molar-refractivity contribution in [1.29, 1.82) is 0 Å². The topological polar surface area (TPSA) is 96.3 Å². The summed E-state index contributed by atoms with van der Waals surface area (Å²) in [6.07, 6.45) is 3.92. The molecular formula is C16H24N4O2. The molecule has 120 valence electrons. The van der Waals surface area contributed by atoms with Crippen LogP contribution >= 0.6 is 0 Å². The van der Waals surface area contributed by atoms with Crippen molar-refractivity contribution < 1.29 is 9.47 Å². The lowest BCUT2D eigenvalue weighted by atomic mass is 10.1. The van der Waals surface area contributed by atoms with E-state index in [-0.39, 0.29) is 6.29 Å². The van der Waals surface area contributed by atoms with E-state index in [4.69, 9.17) is 20.9 Å². The first-order valence-corrected chi connectivity index (χ1v) is 7.69. The Kier molecular flexibility index (Phi) is 5.91. The van der Waals surface area contributed by atoms with Crippen molar-refractivity contribution in [3.63, 3.8) is 0 Å². The number of aryl methyl sites for hydroxylation is 1. The highest BCUT2D eigenvalue weighted by molar-refractivity contribution is 5.93. The summed E-state index contributed by atoms with van der Waals surface area (Å²) in [5.74, 6) is 0. The zero-order valence-corrected chi connectivity index (χ0v) is 13.2. The molecule has 0 radical (unpaired) electrons. The Morgan fingerprint density at radius 2 is 1.86 bits per heavy atom. The molecule has 6 nitrogen and oxygen atoms in total. The van der Waals surface area contributed by atoms with Gasteiger partial charge < -0.3 is 20.9 Å². The van der Waals surface area contributed by atoms with Gasteiger partial charge in [0.1, 0.15) is 5.52 Å². The van der Waals surface area contributed by atoms with Crippen molar-refractivity contribution >= 4 is 22.4 Å². The lowest BCUT2D eigenvalue weighted by molar-refractivity contribution is -0.140. The van der Waals surface area contributed by atoms with Gasteiger partial charge in [-0.05, 0) is 45.2 Å². The van der Waals surface area contributed by atoms with E-state index in [9.17, 15) is 0 Å². The number of hydrogen-bond donors (Lipinski definition) is 2. The second kappa shape index (κ2) is 7.91. The van der Waals surface area contributed by atoms with E-state index in [1.165, 1.54) is 0 Å². The van der Waals surface area contributed by atoms with Gasteiger partial charge in [0, 0.05) is 19.4 Å². The van der Waals surface area contributed by atoms with E-state index in [2.05, 4.69) is 9.97 Å². The molecule has 0 aliphatic rings. The van der Waals surface area contributed by atoms with E-state index in [1.54, 1.807) is 6.20 Å². The number of ether oxygens (including phenoxy) is 2. The largest absolute Gasteiger partial charge is 0.396 e. The molecule has 0 atom stereocenters. The molecule has 0 unspecified atom stereocenters. The molecule has 0 aromatic carbocycles. The Morgan fingerprint density at radius 1 is 1.14 bits per heavy atom. The number of nitrogen functional groups attached to an aromatic ring is 2. The van der Waals surface area contributed by atoms with Crippen LogP contribution in [-0.4, -0.2) is 29.5 Å². The third-order valence-corrected chi connectivity index (χ3v) is 3.46. The zero-order valence-electron chi connectivity index (χ0n) is 13.2. The summed E-state index contributed by atoms with van der Waals surface area (Å²) in [6.45, 7) is 5.20. The lowest BCUT2D eigenvalue weighted by Gasteiger charge is -2.17. The summed E-state index contributed by atoms with van der Waals surface area (Å²) in [5, 5.41) is 0. The van der Waals surface area contributed by atoms with Crippen LogP contribution in [0.15, 0.2) is 18.3 Å². The summed E-state index contributed by atoms with van der Waals surface area (Å²) in [6, 6.07) is 3.74. The van der Waals surface area contributed by atoms with E-state index in [1.807, 2.05) is 26.0 Å². The van der Waals surface area contributed by atoms with E-state index in [0.717, 1.165) is 30.5 Å². The van der Waals surface area contributed by atoms with Gasteiger partial charge in [0.15, 0.2) is 6.29 Å². The fourth-order valence-electron chi connectivity index (χ4n) is 2.40. The first kappa shape index (κ1) is 16.5. The Balaban J connectivity index is 2.06. The number of fused-ring (bicyclic) bond motifs is 1. The third-order valence-electron chi connectivity index (χ3n) is 3.46. The quantitative estimate of drug-likeness (QED) is 0.727. The normalized spacial score (nSPS) is 11.4. The number of nitrogens with zero attached hydrogens (tertiary/aromatic N) is 2. The van der Waals surface area contributed by atoms with E-state index < -0.39 is 0 Å². The average molecular weight is 304 g/mol. The van der Waals surface area contributed by atoms with Crippen LogP contribution in [0.4, 0.5) is 11.4 Å². The molecule has 0 fully saturated rings. The van der Waals surface area contributed by atoms with Crippen molar-refractivity contribution in [3.8, 4) is 0 Å². The average Bonchev–Trinajstić information content (AvgIpc) is 2.52. The highest BCUT2D eigenvalue weighted by Gasteiger charge is 2.13. The Morgan fingerprint density at radius 3 is 2.55 bits per heavy atom. The molecule has 0 amide bonds. The Hall–Kier alpha value is -1.92. The minimum absolute atomic E-state index is 0.171. The van der Waals surface area contributed by atoms with Crippen LogP contribution in [0.3, 0.4) is 0 Å². The fraction of sp³-hybridized carbons (Fsp3) is 0.500. The summed E-state index contributed by atoms with van der Waals surface area (Å²) < 4.78 is 11.1. The van der Waals surface area contributed by atoms with Gasteiger partial charge in [-0.1, -0.05) is 0 Å². The molecule has 2 aromatic heterocycles. The van der Waals surface area contributed by atoms with Gasteiger partial charge in [-0.15, -0.1) is 0 Å². The van der Waals surface area contributed by atoms with Crippen LogP contribution in [0.1, 0.15) is 32.4 Å². The minimum Gasteiger partial charge on any atom is -0.396 e. The van der Waals surface area contributed by atoms with Crippen molar-refractivity contribution in [3.05, 3.63) is 24.0 Å². The molecule has 2 heterocycles. The van der Waals surface area contributed by atoms with Gasteiger partial charge in [-0.2, -0.15) is 0 Å². The summed E-state index contributed by atoms with van der Waals surface area (Å²) >= 11 is 0. The molecular weight excluding hydrogens is 280 g/mol. The summed E-state index contributed by atoms with van der Waals surface area (Å²) in [7, 11) is 0. The van der Waals surface area contributed by atoms with Crippen molar-refractivity contribution in [1.82, 2.24) is 9.97 Å². The maximum atomic E-state index is 6.09. The molecule has 0 bridgehead atoms. The molecule has 6 heteroatoms. The highest BCUT2D eigenvalue weighted by atomic mass is 16.7. The van der Waals surface area contributed by atoms with E-state index >= 15 is 0 Å². The standard InChI is InChI=1S/C16H24N4O2/c1-3-21-13(22-4-2)9-5-7-11-14(17)15(18)16-12(20-11)8-6-10-19-16/h6,8,10,13H,3-5,7,9,17H2,1-2H3,(H2,18,20). The molecule has 4 N–H and O–H groups in total. The smallest absolute Gasteiger partial charge is 0.157 e. The zero-order chi connectivity index (χ0) is 15.9. The predicted octanol–water partition coefficient (Wildman–Crippen LogP) is 2.52. The predicted molar refractivity (Wildman–Crippen MR) is 88.3 cm³/mol. The molecule has 22 heavy (non-hydrogen) atoms. The number of anilines is 2. The highest BCUT2D eigenvalue weighted by Crippen LogP contribution is 2.27. The van der Waals surface area contributed by atoms with Gasteiger partial charge in [0.05, 0.1) is 22.6 Å². The summed E-state index contributed by atoms with van der Waals surface area (Å²) in [4.78, 5) is 8.81. The van der Waals surface area contributed by atoms with E-state index in [0.29, 0.717) is 30.1 Å². The number of nitrogens with two attached hydrogens (primary N) is 2. The third kappa shape index (κ3) is 3.84. The Bertz CT molecular complexity index is 612. The number of hydrogen-bond acceptors (Lipinski definition) is 6. The molecule has 0 saturated heterocycles. The van der Waals surface area contributed by atoms with Crippen LogP contribution in [0.2, 0.25) is 0 Å². The van der Waals surface area contributed by atoms with Crippen molar-refractivity contribution in [2.75, 3.05) is 24.7 Å². The fourth-order valence-corrected chi connectivity index (χ4v) is 2.40. The van der Waals surface area contributed by atoms with Gasteiger partial charge in [-0.3, -0.25) is 4.98 Å². The van der Waals surface area contributed by atoms with Crippen LogP contribution in [0, 0.1) is 0 Å². The first-order valence-electron chi connectivity index (χ1n) is 7.69. The van der Waals surface area contributed by atoms with Gasteiger partial charge in [-0.25, -0.2) is 4.98 Å². The molecule has 0 saturated carbocycles. The molecule has 0 aliphatic carbocycles. The van der Waals surface area contributed by atoms with Crippen molar-refractivity contribution in [2.24, 2.45) is 0 Å². The van der Waals surface area contributed by atoms with Gasteiger partial charge in [0.2, 0.25) is 0 Å². The molecule has 0 spiro atoms. The molecule has 0 aliphatic heterocycles. The number of aromatic nitrogens is 2. The molecule has 2 rings (SSSR count). The van der Waals surface area contributed by atoms with Crippen molar-refractivity contribution in [2.45, 2.75) is 39.4 Å². The number of rotatable bonds is 8. The minimum atomic E-state index is -0.171. The maximum absolute atomic E-state index is 6.09. The van der Waals surface area contributed by atoms with Crippen LogP contribution in [0.25, 0.3) is 11.0 Å². The van der Waals surface area contributed by atoms with Crippen LogP contribution in [0.5, 0.6) is 0 Å². The van der Waals surface area contributed by atoms with Crippen LogP contribution < -0.4 is 11.5 Å². The second-order valence-electron chi connectivity index (χ2n) is 4.99.